The van der Waals surface area contributed by atoms with Gasteiger partial charge in [-0.2, -0.15) is 8.78 Å². The van der Waals surface area contributed by atoms with Gasteiger partial charge in [0.15, 0.2) is 0 Å². The third-order valence-electron chi connectivity index (χ3n) is 3.49. The van der Waals surface area contributed by atoms with Crippen molar-refractivity contribution in [1.29, 1.82) is 0 Å². The van der Waals surface area contributed by atoms with Crippen molar-refractivity contribution in [2.75, 3.05) is 6.61 Å². The number of carbonyl (C=O) groups excluding carboxylic acids is 1. The molecule has 116 valence electrons. The molecular weight excluding hydrogens is 280 g/mol. The van der Waals surface area contributed by atoms with Crippen LogP contribution in [0.2, 0.25) is 0 Å². The molecule has 6 heteroatoms. The van der Waals surface area contributed by atoms with Gasteiger partial charge < -0.3 is 15.2 Å². The minimum Gasteiger partial charge on any atom is -0.460 e. The smallest absolute Gasteiger partial charge is 0.355 e. The molecule has 0 spiro atoms. The van der Waals surface area contributed by atoms with E-state index in [1.807, 2.05) is 30.3 Å². The topological polar surface area (TPSA) is 61.5 Å². The van der Waals surface area contributed by atoms with Crippen LogP contribution >= 0.6 is 0 Å². The molecular formula is C15H19F2NO3. The molecule has 1 aliphatic rings. The summed E-state index contributed by atoms with van der Waals surface area (Å²) < 4.78 is 35.2. The Morgan fingerprint density at radius 2 is 2.14 bits per heavy atom. The van der Waals surface area contributed by atoms with E-state index in [0.717, 1.165) is 5.56 Å². The summed E-state index contributed by atoms with van der Waals surface area (Å²) in [6, 6.07) is 8.45. The zero-order chi connectivity index (χ0) is 15.3. The van der Waals surface area contributed by atoms with Crippen LogP contribution in [0.25, 0.3) is 0 Å². The zero-order valence-corrected chi connectivity index (χ0v) is 11.6. The van der Waals surface area contributed by atoms with Crippen LogP contribution in [0.1, 0.15) is 24.8 Å². The van der Waals surface area contributed by atoms with E-state index in [4.69, 9.17) is 10.5 Å². The first kappa shape index (κ1) is 15.9. The Hall–Kier alpha value is -1.53. The van der Waals surface area contributed by atoms with E-state index in [9.17, 15) is 13.6 Å². The van der Waals surface area contributed by atoms with E-state index in [0.29, 0.717) is 12.8 Å². The van der Waals surface area contributed by atoms with Crippen molar-refractivity contribution >= 4 is 5.97 Å². The number of rotatable bonds is 5. The van der Waals surface area contributed by atoms with Crippen molar-refractivity contribution in [3.63, 3.8) is 0 Å². The number of ether oxygens (including phenoxy) is 2. The Bertz CT molecular complexity index is 457. The molecule has 1 heterocycles. The first-order valence-corrected chi connectivity index (χ1v) is 6.94. The van der Waals surface area contributed by atoms with Crippen LogP contribution in [0.15, 0.2) is 30.3 Å². The highest BCUT2D eigenvalue weighted by molar-refractivity contribution is 5.75. The maximum Gasteiger partial charge on any atom is 0.355 e. The molecule has 2 atom stereocenters. The van der Waals surface area contributed by atoms with Gasteiger partial charge in [0.05, 0.1) is 6.61 Å². The van der Waals surface area contributed by atoms with E-state index in [2.05, 4.69) is 4.74 Å². The molecule has 1 saturated heterocycles. The Kier molecular flexibility index (Phi) is 5.25. The molecule has 0 aliphatic carbocycles. The second-order valence-electron chi connectivity index (χ2n) is 5.29. The summed E-state index contributed by atoms with van der Waals surface area (Å²) in [6.07, 6.45) is -2.78. The lowest BCUT2D eigenvalue weighted by Crippen LogP contribution is -2.38. The number of halogens is 2. The average Bonchev–Trinajstić information content (AvgIpc) is 2.48. The molecule has 2 rings (SSSR count). The number of benzene rings is 1. The molecule has 0 bridgehead atoms. The van der Waals surface area contributed by atoms with Crippen LogP contribution in [0.3, 0.4) is 0 Å². The van der Waals surface area contributed by atoms with Gasteiger partial charge in [-0.1, -0.05) is 30.3 Å². The highest BCUT2D eigenvalue weighted by atomic mass is 19.3. The van der Waals surface area contributed by atoms with Crippen molar-refractivity contribution in [3.05, 3.63) is 35.9 Å². The van der Waals surface area contributed by atoms with Crippen LogP contribution in [0.4, 0.5) is 8.78 Å². The molecule has 4 nitrogen and oxygen atoms in total. The number of esters is 1. The predicted molar refractivity (Wildman–Crippen MR) is 72.5 cm³/mol. The van der Waals surface area contributed by atoms with E-state index in [1.165, 1.54) is 0 Å². The lowest BCUT2D eigenvalue weighted by atomic mass is 9.94. The first-order chi connectivity index (χ1) is 9.96. The minimum absolute atomic E-state index is 0.0767. The Labute approximate surface area is 122 Å². The maximum absolute atomic E-state index is 12.8. The standard InChI is InChI=1S/C15H19F2NO3/c16-15(17)7-6-12(10-21-15)8-13(18)14(19)20-9-11-4-2-1-3-5-11/h1-5,12-13H,6-10,18H2. The Balaban J connectivity index is 1.73. The van der Waals surface area contributed by atoms with Gasteiger partial charge in [0.2, 0.25) is 0 Å². The molecule has 0 radical (unpaired) electrons. The fourth-order valence-corrected chi connectivity index (χ4v) is 2.24. The van der Waals surface area contributed by atoms with Gasteiger partial charge in [0.1, 0.15) is 12.6 Å². The number of nitrogens with two attached hydrogens (primary N) is 1. The molecule has 1 fully saturated rings. The maximum atomic E-state index is 12.8. The fraction of sp³-hybridized carbons (Fsp3) is 0.533. The van der Waals surface area contributed by atoms with Crippen molar-refractivity contribution in [1.82, 2.24) is 0 Å². The molecule has 21 heavy (non-hydrogen) atoms. The van der Waals surface area contributed by atoms with Gasteiger partial charge in [0, 0.05) is 6.42 Å². The van der Waals surface area contributed by atoms with Gasteiger partial charge in [-0.3, -0.25) is 4.79 Å². The molecule has 1 aromatic carbocycles. The van der Waals surface area contributed by atoms with Crippen molar-refractivity contribution in [2.24, 2.45) is 11.7 Å². The van der Waals surface area contributed by atoms with Crippen LogP contribution in [0, 0.1) is 5.92 Å². The summed E-state index contributed by atoms with van der Waals surface area (Å²) in [7, 11) is 0. The zero-order valence-electron chi connectivity index (χ0n) is 11.6. The first-order valence-electron chi connectivity index (χ1n) is 6.94. The summed E-state index contributed by atoms with van der Waals surface area (Å²) in [5.41, 5.74) is 6.64. The van der Waals surface area contributed by atoms with Crippen molar-refractivity contribution in [3.8, 4) is 0 Å². The molecule has 2 unspecified atom stereocenters. The van der Waals surface area contributed by atoms with Gasteiger partial charge in [-0.15, -0.1) is 0 Å². The van der Waals surface area contributed by atoms with Gasteiger partial charge in [-0.25, -0.2) is 0 Å². The molecule has 0 amide bonds. The predicted octanol–water partition coefficient (Wildman–Crippen LogP) is 2.47. The second kappa shape index (κ2) is 6.95. The van der Waals surface area contributed by atoms with E-state index >= 15 is 0 Å². The monoisotopic (exact) mass is 299 g/mol. The number of alkyl halides is 2. The average molecular weight is 299 g/mol. The summed E-state index contributed by atoms with van der Waals surface area (Å²) in [4.78, 5) is 11.8. The minimum atomic E-state index is -3.05. The van der Waals surface area contributed by atoms with Gasteiger partial charge >= 0.3 is 12.1 Å². The second-order valence-corrected chi connectivity index (χ2v) is 5.29. The lowest BCUT2D eigenvalue weighted by Gasteiger charge is -2.29. The summed E-state index contributed by atoms with van der Waals surface area (Å²) in [6.45, 7) is 0.0826. The summed E-state index contributed by atoms with van der Waals surface area (Å²) in [5, 5.41) is 0. The fourth-order valence-electron chi connectivity index (χ4n) is 2.24. The molecule has 0 saturated carbocycles. The molecule has 2 N–H and O–H groups in total. The van der Waals surface area contributed by atoms with Crippen LogP contribution < -0.4 is 5.73 Å². The number of hydrogen-bond acceptors (Lipinski definition) is 4. The van der Waals surface area contributed by atoms with Gasteiger partial charge in [-0.05, 0) is 24.3 Å². The highest BCUT2D eigenvalue weighted by Gasteiger charge is 2.37. The normalized spacial score (nSPS) is 22.5. The van der Waals surface area contributed by atoms with Gasteiger partial charge in [0.25, 0.3) is 0 Å². The number of carbonyl (C=O) groups is 1. The van der Waals surface area contributed by atoms with Crippen molar-refractivity contribution < 1.29 is 23.0 Å². The SMILES string of the molecule is NC(CC1CCC(F)(F)OC1)C(=O)OCc1ccccc1. The largest absolute Gasteiger partial charge is 0.460 e. The molecule has 0 aromatic heterocycles. The quantitative estimate of drug-likeness (QED) is 0.848. The summed E-state index contributed by atoms with van der Waals surface area (Å²) in [5.74, 6) is -0.653. The Morgan fingerprint density at radius 1 is 1.43 bits per heavy atom. The van der Waals surface area contributed by atoms with Crippen molar-refractivity contribution in [2.45, 2.75) is 38.0 Å². The van der Waals surface area contributed by atoms with E-state index in [-0.39, 0.29) is 25.6 Å². The number of hydrogen-bond donors (Lipinski definition) is 1. The molecule has 1 aliphatic heterocycles. The van der Waals surface area contributed by atoms with Crippen LogP contribution in [0.5, 0.6) is 0 Å². The molecule has 1 aromatic rings. The van der Waals surface area contributed by atoms with E-state index < -0.39 is 18.1 Å². The Morgan fingerprint density at radius 3 is 2.76 bits per heavy atom. The third kappa shape index (κ3) is 5.06. The van der Waals surface area contributed by atoms with E-state index in [1.54, 1.807) is 0 Å². The van der Waals surface area contributed by atoms with Crippen LogP contribution in [-0.4, -0.2) is 24.7 Å². The third-order valence-corrected chi connectivity index (χ3v) is 3.49. The summed E-state index contributed by atoms with van der Waals surface area (Å²) >= 11 is 0. The highest BCUT2D eigenvalue weighted by Crippen LogP contribution is 2.32. The lowest BCUT2D eigenvalue weighted by molar-refractivity contribution is -0.268. The van der Waals surface area contributed by atoms with Crippen LogP contribution in [-0.2, 0) is 20.9 Å².